The second kappa shape index (κ2) is 10.6. The molecule has 0 aliphatic heterocycles. The Balaban J connectivity index is 1.86. The van der Waals surface area contributed by atoms with E-state index < -0.39 is 5.97 Å². The number of carbonyl (C=O) groups is 1. The Kier molecular flexibility index (Phi) is 7.35. The van der Waals surface area contributed by atoms with Gasteiger partial charge in [-0.3, -0.25) is 4.68 Å². The van der Waals surface area contributed by atoms with Crippen molar-refractivity contribution in [3.8, 4) is 45.5 Å². The largest absolute Gasteiger partial charge is 0.493 e. The summed E-state index contributed by atoms with van der Waals surface area (Å²) >= 11 is 6.95. The molecule has 0 atom stereocenters. The molecule has 2 aromatic carbocycles. The van der Waals surface area contributed by atoms with Crippen LogP contribution in [-0.4, -0.2) is 61.1 Å². The van der Waals surface area contributed by atoms with Gasteiger partial charge in [0.15, 0.2) is 28.7 Å². The third-order valence-electron chi connectivity index (χ3n) is 5.52. The minimum atomic E-state index is -0.529. The van der Waals surface area contributed by atoms with Crippen LogP contribution in [0.3, 0.4) is 0 Å². The summed E-state index contributed by atoms with van der Waals surface area (Å²) in [6.07, 6.45) is 1.66. The van der Waals surface area contributed by atoms with Crippen molar-refractivity contribution < 1.29 is 28.5 Å². The zero-order chi connectivity index (χ0) is 25.8. The first-order chi connectivity index (χ1) is 17.4. The highest BCUT2D eigenvalue weighted by Gasteiger charge is 2.22. The van der Waals surface area contributed by atoms with Gasteiger partial charge in [-0.25, -0.2) is 9.48 Å². The van der Waals surface area contributed by atoms with Crippen LogP contribution in [0.5, 0.6) is 23.0 Å². The minimum absolute atomic E-state index is 0.174. The first-order valence-corrected chi connectivity index (χ1v) is 11.1. The molecule has 0 aliphatic carbocycles. The van der Waals surface area contributed by atoms with E-state index in [4.69, 9.17) is 40.4 Å². The van der Waals surface area contributed by atoms with Crippen molar-refractivity contribution in [1.82, 2.24) is 19.6 Å². The summed E-state index contributed by atoms with van der Waals surface area (Å²) in [7, 11) is 7.57. The van der Waals surface area contributed by atoms with Crippen molar-refractivity contribution in [3.63, 3.8) is 0 Å². The lowest BCUT2D eigenvalue weighted by Crippen LogP contribution is -2.13. The summed E-state index contributed by atoms with van der Waals surface area (Å²) in [6, 6.07) is 12.5. The molecule has 10 nitrogen and oxygen atoms in total. The molecule has 0 N–H and O–H groups in total. The molecular formula is C25H25ClN4O6. The lowest BCUT2D eigenvalue weighted by Gasteiger charge is -2.12. The van der Waals surface area contributed by atoms with E-state index in [9.17, 15) is 4.79 Å². The fraction of sp³-hybridized carbons (Fsp3) is 0.240. The van der Waals surface area contributed by atoms with Crippen molar-refractivity contribution in [2.75, 3.05) is 35.5 Å². The molecule has 0 unspecified atom stereocenters. The Morgan fingerprint density at radius 1 is 0.806 bits per heavy atom. The number of aromatic nitrogens is 4. The highest BCUT2D eigenvalue weighted by atomic mass is 35.5. The van der Waals surface area contributed by atoms with Gasteiger partial charge in [0.2, 0.25) is 0 Å². The van der Waals surface area contributed by atoms with E-state index in [0.717, 1.165) is 11.1 Å². The van der Waals surface area contributed by atoms with Crippen LogP contribution in [0.25, 0.3) is 22.5 Å². The Morgan fingerprint density at radius 2 is 1.39 bits per heavy atom. The monoisotopic (exact) mass is 512 g/mol. The molecule has 11 heteroatoms. The lowest BCUT2D eigenvalue weighted by molar-refractivity contribution is 0.0593. The number of nitrogens with zero attached hydrogens (tertiary/aromatic N) is 4. The number of carbonyl (C=O) groups excluding carboxylic acids is 1. The number of halogens is 1. The highest BCUT2D eigenvalue weighted by molar-refractivity contribution is 6.35. The molecule has 0 amide bonds. The molecule has 0 saturated heterocycles. The third-order valence-corrected chi connectivity index (χ3v) is 5.88. The molecule has 2 aromatic heterocycles. The van der Waals surface area contributed by atoms with Gasteiger partial charge in [-0.2, -0.15) is 10.2 Å². The van der Waals surface area contributed by atoms with E-state index in [-0.39, 0.29) is 12.4 Å². The minimum Gasteiger partial charge on any atom is -0.493 e. The molecule has 0 fully saturated rings. The lowest BCUT2D eigenvalue weighted by atomic mass is 10.1. The van der Waals surface area contributed by atoms with Gasteiger partial charge in [0, 0.05) is 17.3 Å². The molecule has 0 aliphatic rings. The van der Waals surface area contributed by atoms with Crippen molar-refractivity contribution in [2.45, 2.75) is 6.67 Å². The second-order valence-corrected chi connectivity index (χ2v) is 7.90. The van der Waals surface area contributed by atoms with Gasteiger partial charge in [-0.15, -0.1) is 0 Å². The number of methoxy groups -OCH3 is 5. The zero-order valence-electron chi connectivity index (χ0n) is 20.4. The maximum atomic E-state index is 11.9. The SMILES string of the molecule is COC(=O)c1ccn(Cn2nc(-c3ccc(OC)c(OC)c3)c(Cl)c2-c2ccc(OC)c(OC)c2)n1. The van der Waals surface area contributed by atoms with Gasteiger partial charge in [0.05, 0.1) is 46.3 Å². The van der Waals surface area contributed by atoms with Crippen molar-refractivity contribution in [1.29, 1.82) is 0 Å². The number of hydrogen-bond donors (Lipinski definition) is 0. The Hall–Kier alpha value is -4.18. The molecule has 4 rings (SSSR count). The van der Waals surface area contributed by atoms with Crippen LogP contribution in [0.1, 0.15) is 10.5 Å². The van der Waals surface area contributed by atoms with Crippen LogP contribution >= 0.6 is 11.6 Å². The number of hydrogen-bond acceptors (Lipinski definition) is 8. The van der Waals surface area contributed by atoms with Crippen LogP contribution in [0.4, 0.5) is 0 Å². The van der Waals surface area contributed by atoms with E-state index in [1.165, 1.54) is 7.11 Å². The molecule has 0 spiro atoms. The van der Waals surface area contributed by atoms with Crippen LogP contribution in [0.15, 0.2) is 48.7 Å². The Bertz CT molecular complexity index is 1400. The van der Waals surface area contributed by atoms with Crippen molar-refractivity contribution in [2.24, 2.45) is 0 Å². The summed E-state index contributed by atoms with van der Waals surface area (Å²) in [5.74, 6) is 1.72. The molecule has 4 aromatic rings. The summed E-state index contributed by atoms with van der Waals surface area (Å²) in [5.41, 5.74) is 2.81. The first-order valence-electron chi connectivity index (χ1n) is 10.8. The molecule has 2 heterocycles. The molecular weight excluding hydrogens is 488 g/mol. The Morgan fingerprint density at radius 3 is 1.97 bits per heavy atom. The number of rotatable bonds is 9. The number of ether oxygens (including phenoxy) is 5. The van der Waals surface area contributed by atoms with Crippen LogP contribution in [-0.2, 0) is 11.4 Å². The van der Waals surface area contributed by atoms with Gasteiger partial charge >= 0.3 is 5.97 Å². The second-order valence-electron chi connectivity index (χ2n) is 7.52. The Labute approximate surface area is 212 Å². The third kappa shape index (κ3) is 4.67. The summed E-state index contributed by atoms with van der Waals surface area (Å²) < 4.78 is 29.7. The first kappa shape index (κ1) is 24.9. The molecule has 0 bridgehead atoms. The molecule has 188 valence electrons. The normalized spacial score (nSPS) is 10.7. The van der Waals surface area contributed by atoms with E-state index in [0.29, 0.717) is 39.4 Å². The van der Waals surface area contributed by atoms with Gasteiger partial charge in [-0.05, 0) is 42.5 Å². The van der Waals surface area contributed by atoms with E-state index in [1.807, 2.05) is 18.2 Å². The maximum Gasteiger partial charge on any atom is 0.358 e. The summed E-state index contributed by atoms with van der Waals surface area (Å²) in [4.78, 5) is 11.9. The van der Waals surface area contributed by atoms with Crippen LogP contribution < -0.4 is 18.9 Å². The highest BCUT2D eigenvalue weighted by Crippen LogP contribution is 2.41. The predicted octanol–water partition coefficient (Wildman–Crippen LogP) is 4.39. The van der Waals surface area contributed by atoms with E-state index in [1.54, 1.807) is 68.3 Å². The van der Waals surface area contributed by atoms with Gasteiger partial charge in [0.25, 0.3) is 0 Å². The summed E-state index contributed by atoms with van der Waals surface area (Å²) in [6.45, 7) is 0.174. The fourth-order valence-electron chi connectivity index (χ4n) is 3.76. The smallest absolute Gasteiger partial charge is 0.358 e. The standard InChI is InChI=1S/C25H25ClN4O6/c1-32-18-8-6-15(12-20(18)34-3)23-22(26)24(16-7-9-19(33-2)21(13-16)35-4)30(28-23)14-29-11-10-17(27-29)25(31)36-5/h6-13H,14H2,1-5H3. The maximum absolute atomic E-state index is 11.9. The van der Waals surface area contributed by atoms with E-state index in [2.05, 4.69) is 5.10 Å². The number of benzene rings is 2. The van der Waals surface area contributed by atoms with E-state index >= 15 is 0 Å². The van der Waals surface area contributed by atoms with Gasteiger partial charge in [0.1, 0.15) is 12.4 Å². The summed E-state index contributed by atoms with van der Waals surface area (Å²) in [5, 5.41) is 9.50. The zero-order valence-corrected chi connectivity index (χ0v) is 21.2. The van der Waals surface area contributed by atoms with Crippen LogP contribution in [0, 0.1) is 0 Å². The van der Waals surface area contributed by atoms with Gasteiger partial charge in [-0.1, -0.05) is 11.6 Å². The molecule has 0 radical (unpaired) electrons. The number of esters is 1. The quantitative estimate of drug-likeness (QED) is 0.304. The predicted molar refractivity (Wildman–Crippen MR) is 133 cm³/mol. The average molecular weight is 513 g/mol. The fourth-order valence-corrected chi connectivity index (χ4v) is 4.11. The van der Waals surface area contributed by atoms with Crippen molar-refractivity contribution >= 4 is 17.6 Å². The van der Waals surface area contributed by atoms with Gasteiger partial charge < -0.3 is 23.7 Å². The van der Waals surface area contributed by atoms with Crippen LogP contribution in [0.2, 0.25) is 5.02 Å². The van der Waals surface area contributed by atoms with Crippen molar-refractivity contribution in [3.05, 3.63) is 59.4 Å². The average Bonchev–Trinajstić information content (AvgIpc) is 3.51. The molecule has 0 saturated carbocycles. The molecule has 36 heavy (non-hydrogen) atoms. The topological polar surface area (TPSA) is 98.9 Å².